The topological polar surface area (TPSA) is 96.9 Å². The van der Waals surface area contributed by atoms with Gasteiger partial charge in [-0.3, -0.25) is 4.79 Å². The van der Waals surface area contributed by atoms with Crippen molar-refractivity contribution in [2.24, 2.45) is 0 Å². The minimum atomic E-state index is -0.571. The molecule has 38 heavy (non-hydrogen) atoms. The summed E-state index contributed by atoms with van der Waals surface area (Å²) in [4.78, 5) is 39.1. The summed E-state index contributed by atoms with van der Waals surface area (Å²) in [7, 11) is 0. The van der Waals surface area contributed by atoms with E-state index in [1.807, 2.05) is 26.8 Å². The summed E-state index contributed by atoms with van der Waals surface area (Å²) in [5, 5.41) is 3.61. The van der Waals surface area contributed by atoms with E-state index in [1.54, 1.807) is 4.90 Å². The van der Waals surface area contributed by atoms with Crippen LogP contribution < -0.4 is 10.2 Å². The number of piperazine rings is 1. The number of likely N-dealkylation sites (tertiary alicyclic amines) is 1. The molecule has 1 aliphatic carbocycles. The van der Waals surface area contributed by atoms with E-state index in [2.05, 4.69) is 31.1 Å². The first-order valence-electron chi connectivity index (χ1n) is 13.4. The Balaban J connectivity index is 1.35. The Kier molecular flexibility index (Phi) is 6.49. The molecule has 3 aliphatic heterocycles. The quantitative estimate of drug-likeness (QED) is 0.560. The first-order chi connectivity index (χ1) is 18.1. The first kappa shape index (κ1) is 25.7. The second kappa shape index (κ2) is 9.59. The largest absolute Gasteiger partial charge is 0.444 e. The Morgan fingerprint density at radius 1 is 1.13 bits per heavy atom. The van der Waals surface area contributed by atoms with Crippen molar-refractivity contribution in [3.63, 3.8) is 0 Å². The van der Waals surface area contributed by atoms with Crippen LogP contribution in [0.15, 0.2) is 10.5 Å². The lowest BCUT2D eigenvalue weighted by molar-refractivity contribution is 0.0214. The van der Waals surface area contributed by atoms with Gasteiger partial charge in [0.05, 0.1) is 16.6 Å². The van der Waals surface area contributed by atoms with Crippen LogP contribution >= 0.6 is 15.9 Å². The molecule has 4 aliphatic rings. The van der Waals surface area contributed by atoms with Crippen molar-refractivity contribution in [2.75, 3.05) is 31.2 Å². The minimum absolute atomic E-state index is 0.00638. The van der Waals surface area contributed by atoms with Gasteiger partial charge in [0.2, 0.25) is 5.82 Å². The summed E-state index contributed by atoms with van der Waals surface area (Å²) in [5.74, 6) is -0.0627. The fourth-order valence-electron chi connectivity index (χ4n) is 5.78. The Morgan fingerprint density at radius 2 is 1.87 bits per heavy atom. The maximum atomic E-state index is 15.8. The average molecular weight is 590 g/mol. The van der Waals surface area contributed by atoms with Crippen molar-refractivity contribution in [1.29, 1.82) is 0 Å². The molecule has 9 nitrogen and oxygen atoms in total. The lowest BCUT2D eigenvalue weighted by atomic mass is 10.1. The van der Waals surface area contributed by atoms with Gasteiger partial charge in [-0.25, -0.2) is 19.2 Å². The number of amides is 2. The maximum absolute atomic E-state index is 15.8. The number of aromatic nitrogens is 2. The van der Waals surface area contributed by atoms with Gasteiger partial charge < -0.3 is 24.6 Å². The average Bonchev–Trinajstić information content (AvgIpc) is 3.51. The van der Waals surface area contributed by atoms with Gasteiger partial charge >= 0.3 is 6.09 Å². The number of carbonyl (C=O) groups excluding carboxylic acids is 2. The molecular weight excluding hydrogens is 557 g/mol. The van der Waals surface area contributed by atoms with E-state index in [1.165, 1.54) is 0 Å². The molecular formula is C27H33BrFN5O4. The van der Waals surface area contributed by atoms with Gasteiger partial charge in [-0.05, 0) is 86.4 Å². The summed E-state index contributed by atoms with van der Waals surface area (Å²) in [5.41, 5.74) is 0.479. The molecule has 1 saturated carbocycles. The first-order valence-corrected chi connectivity index (χ1v) is 14.2. The molecule has 3 saturated heterocycles. The van der Waals surface area contributed by atoms with Crippen molar-refractivity contribution < 1.29 is 23.5 Å². The van der Waals surface area contributed by atoms with Crippen molar-refractivity contribution in [2.45, 2.75) is 82.5 Å². The van der Waals surface area contributed by atoms with Gasteiger partial charge in [0.25, 0.3) is 5.91 Å². The normalized spacial score (nSPS) is 23.8. The summed E-state index contributed by atoms with van der Waals surface area (Å²) >= 11 is 3.45. The molecule has 4 heterocycles. The summed E-state index contributed by atoms with van der Waals surface area (Å²) in [6.45, 7) is 7.77. The molecule has 2 bridgehead atoms. The number of halogens is 2. The van der Waals surface area contributed by atoms with Gasteiger partial charge in [-0.1, -0.05) is 0 Å². The molecule has 11 heteroatoms. The number of fused-ring (bicyclic) bond motifs is 3. The highest BCUT2D eigenvalue weighted by atomic mass is 79.9. The van der Waals surface area contributed by atoms with Crippen molar-refractivity contribution in [3.05, 3.63) is 27.7 Å². The molecule has 2 amide bonds. The van der Waals surface area contributed by atoms with Crippen molar-refractivity contribution in [1.82, 2.24) is 20.2 Å². The van der Waals surface area contributed by atoms with Crippen molar-refractivity contribution in [3.8, 4) is 0 Å². The zero-order valence-corrected chi connectivity index (χ0v) is 23.5. The number of nitrogens with one attached hydrogen (secondary N) is 1. The third-order valence-corrected chi connectivity index (χ3v) is 8.60. The second-order valence-electron chi connectivity index (χ2n) is 11.8. The highest BCUT2D eigenvalue weighted by Crippen LogP contribution is 2.47. The lowest BCUT2D eigenvalue weighted by Gasteiger charge is -2.36. The molecule has 2 atom stereocenters. The molecule has 6 rings (SSSR count). The van der Waals surface area contributed by atoms with Crippen molar-refractivity contribution >= 4 is 44.7 Å². The smallest absolute Gasteiger partial charge is 0.410 e. The molecule has 1 aromatic carbocycles. The fraction of sp³-hybridized carbons (Fsp3) is 0.630. The zero-order chi connectivity index (χ0) is 26.8. The molecule has 1 N–H and O–H groups in total. The maximum Gasteiger partial charge on any atom is 0.410 e. The van der Waals surface area contributed by atoms with Gasteiger partial charge in [-0.15, -0.1) is 0 Å². The van der Waals surface area contributed by atoms with E-state index in [0.717, 1.165) is 24.8 Å². The van der Waals surface area contributed by atoms with E-state index in [0.29, 0.717) is 60.7 Å². The van der Waals surface area contributed by atoms with Crippen LogP contribution in [0.25, 0.3) is 10.9 Å². The van der Waals surface area contributed by atoms with Crippen LogP contribution in [0.2, 0.25) is 0 Å². The number of carbonyl (C=O) groups is 2. The summed E-state index contributed by atoms with van der Waals surface area (Å²) in [6, 6.07) is 1.90. The van der Waals surface area contributed by atoms with E-state index in [4.69, 9.17) is 14.5 Å². The van der Waals surface area contributed by atoms with Gasteiger partial charge in [0.15, 0.2) is 5.82 Å². The summed E-state index contributed by atoms with van der Waals surface area (Å²) < 4.78 is 27.2. The van der Waals surface area contributed by atoms with Crippen LogP contribution in [0.1, 0.15) is 75.0 Å². The predicted octanol–water partition coefficient (Wildman–Crippen LogP) is 4.52. The second-order valence-corrected chi connectivity index (χ2v) is 12.6. The van der Waals surface area contributed by atoms with Crippen LogP contribution in [0, 0.1) is 5.82 Å². The molecule has 1 aromatic heterocycles. The van der Waals surface area contributed by atoms with Gasteiger partial charge in [0, 0.05) is 37.7 Å². The van der Waals surface area contributed by atoms with Crippen LogP contribution in [0.4, 0.5) is 15.0 Å². The Labute approximate surface area is 229 Å². The highest BCUT2D eigenvalue weighted by Gasteiger charge is 2.48. The number of anilines is 1. The van der Waals surface area contributed by atoms with Crippen LogP contribution in [0.3, 0.4) is 0 Å². The number of hydrogen-bond donors (Lipinski definition) is 1. The predicted molar refractivity (Wildman–Crippen MR) is 143 cm³/mol. The molecule has 0 spiro atoms. The third-order valence-electron chi connectivity index (χ3n) is 7.80. The van der Waals surface area contributed by atoms with E-state index >= 15 is 4.39 Å². The third kappa shape index (κ3) is 4.83. The number of benzene rings is 1. The van der Waals surface area contributed by atoms with E-state index < -0.39 is 17.3 Å². The molecule has 0 unspecified atom stereocenters. The standard InChI is InChI=1S/C27H33BrFN5O4/c1-27(2,3)38-26(36)34-13-16-10-17(34)12-33(16)24-19-11-18(14-4-5-14)20(28)21(29)22(19)31-23(32-24)25(35)30-15-6-8-37-9-7-15/h11,14-17H,4-10,12-13H2,1-3H3,(H,30,35)/t16-,17-/m0/s1. The monoisotopic (exact) mass is 589 g/mol. The number of rotatable bonds is 4. The Bertz CT molecular complexity index is 1290. The number of hydrogen-bond acceptors (Lipinski definition) is 7. The lowest BCUT2D eigenvalue weighted by Crippen LogP contribution is -2.50. The highest BCUT2D eigenvalue weighted by molar-refractivity contribution is 9.10. The molecule has 204 valence electrons. The van der Waals surface area contributed by atoms with Gasteiger partial charge in [0.1, 0.15) is 16.9 Å². The van der Waals surface area contributed by atoms with Crippen LogP contribution in [0.5, 0.6) is 0 Å². The van der Waals surface area contributed by atoms with Crippen LogP contribution in [-0.2, 0) is 9.47 Å². The number of ether oxygens (including phenoxy) is 2. The summed E-state index contributed by atoms with van der Waals surface area (Å²) in [6.07, 6.45) is 3.91. The molecule has 2 aromatic rings. The minimum Gasteiger partial charge on any atom is -0.444 e. The van der Waals surface area contributed by atoms with E-state index in [9.17, 15) is 9.59 Å². The van der Waals surface area contributed by atoms with Gasteiger partial charge in [-0.2, -0.15) is 0 Å². The zero-order valence-electron chi connectivity index (χ0n) is 21.9. The fourth-order valence-corrected chi connectivity index (χ4v) is 6.41. The van der Waals surface area contributed by atoms with Crippen LogP contribution in [-0.4, -0.2) is 76.9 Å². The Hall–Kier alpha value is -2.53. The molecule has 0 radical (unpaired) electrons. The van der Waals surface area contributed by atoms with E-state index in [-0.39, 0.29) is 35.6 Å². The SMILES string of the molecule is CC(C)(C)OC(=O)N1C[C@@H]2C[C@H]1CN2c1nc(C(=O)NC2CCOCC2)nc2c(F)c(Br)c(C3CC3)cc12. The Morgan fingerprint density at radius 3 is 2.50 bits per heavy atom. The molecule has 4 fully saturated rings. The number of nitrogens with zero attached hydrogens (tertiary/aromatic N) is 4.